The van der Waals surface area contributed by atoms with Gasteiger partial charge in [-0.05, 0) is 6.42 Å². The predicted octanol–water partition coefficient (Wildman–Crippen LogP) is 3.40. The van der Waals surface area contributed by atoms with Crippen molar-refractivity contribution in [3.8, 4) is 0 Å². The zero-order valence-electron chi connectivity index (χ0n) is 13.2. The molecule has 0 bridgehead atoms. The van der Waals surface area contributed by atoms with Crippen LogP contribution in [-0.2, 0) is 15.7 Å². The highest BCUT2D eigenvalue weighted by Crippen LogP contribution is 2.43. The Balaban J connectivity index is 2.20. The fraction of sp³-hybridized carbons (Fsp3) is 0.800. The number of rotatable bonds is 5. The van der Waals surface area contributed by atoms with E-state index in [2.05, 4.69) is 38.4 Å². The molecule has 0 radical (unpaired) electrons. The molecule has 1 N–H and O–H groups in total. The summed E-state index contributed by atoms with van der Waals surface area (Å²) in [6.07, 6.45) is 1.15. The molecule has 1 aromatic heterocycles. The molecule has 0 spiro atoms. The largest absolute Gasteiger partial charge is 0.383 e. The third kappa shape index (κ3) is 3.56. The highest BCUT2D eigenvalue weighted by Gasteiger charge is 2.42. The summed E-state index contributed by atoms with van der Waals surface area (Å²) in [5, 5.41) is 7.87. The summed E-state index contributed by atoms with van der Waals surface area (Å²) < 4.78 is 5.18. The summed E-state index contributed by atoms with van der Waals surface area (Å²) in [6.45, 7) is 10.6. The Morgan fingerprint density at radius 2 is 2.25 bits per heavy atom. The van der Waals surface area contributed by atoms with E-state index in [9.17, 15) is 0 Å². The molecule has 1 fully saturated rings. The van der Waals surface area contributed by atoms with Crippen molar-refractivity contribution in [1.29, 1.82) is 0 Å². The first kappa shape index (κ1) is 16.3. The molecule has 1 aliphatic rings. The Bertz CT molecular complexity index is 441. The lowest BCUT2D eigenvalue weighted by molar-refractivity contribution is 0.186. The van der Waals surface area contributed by atoms with Crippen molar-refractivity contribution in [2.24, 2.45) is 0 Å². The Morgan fingerprint density at radius 1 is 1.50 bits per heavy atom. The van der Waals surface area contributed by atoms with Crippen LogP contribution in [0.25, 0.3) is 0 Å². The fourth-order valence-corrected chi connectivity index (χ4v) is 5.12. The lowest BCUT2D eigenvalue weighted by atomic mass is 9.92. The predicted molar refractivity (Wildman–Crippen MR) is 88.9 cm³/mol. The van der Waals surface area contributed by atoms with Crippen molar-refractivity contribution in [3.05, 3.63) is 16.1 Å². The van der Waals surface area contributed by atoms with E-state index >= 15 is 0 Å². The molecule has 0 aliphatic carbocycles. The van der Waals surface area contributed by atoms with Gasteiger partial charge < -0.3 is 10.1 Å². The maximum Gasteiger partial charge on any atom is 0.114 e. The zero-order chi connectivity index (χ0) is 14.8. The summed E-state index contributed by atoms with van der Waals surface area (Å²) in [7, 11) is 1.75. The Hall–Kier alpha value is -0.100. The first-order valence-electron chi connectivity index (χ1n) is 7.19. The first-order valence-corrected chi connectivity index (χ1v) is 9.12. The number of nitrogens with one attached hydrogen (secondary N) is 1. The highest BCUT2D eigenvalue weighted by atomic mass is 32.2. The number of thioether (sulfide) groups is 1. The van der Waals surface area contributed by atoms with Gasteiger partial charge in [0.05, 0.1) is 17.8 Å². The number of ether oxygens (including phenoxy) is 1. The molecule has 1 aliphatic heterocycles. The second-order valence-corrected chi connectivity index (χ2v) is 8.90. The average Bonchev–Trinajstić information content (AvgIpc) is 2.96. The van der Waals surface area contributed by atoms with Crippen LogP contribution in [0.1, 0.15) is 44.8 Å². The molecule has 20 heavy (non-hydrogen) atoms. The van der Waals surface area contributed by atoms with Gasteiger partial charge in [0.25, 0.3) is 0 Å². The maximum atomic E-state index is 5.18. The van der Waals surface area contributed by atoms with Crippen molar-refractivity contribution in [1.82, 2.24) is 10.3 Å². The van der Waals surface area contributed by atoms with Gasteiger partial charge in [-0.25, -0.2) is 4.98 Å². The summed E-state index contributed by atoms with van der Waals surface area (Å²) in [5.41, 5.74) is 1.37. The van der Waals surface area contributed by atoms with Crippen molar-refractivity contribution >= 4 is 23.1 Å². The van der Waals surface area contributed by atoms with E-state index in [0.29, 0.717) is 5.25 Å². The molecule has 5 heteroatoms. The lowest BCUT2D eigenvalue weighted by Crippen LogP contribution is -2.44. The van der Waals surface area contributed by atoms with Crippen molar-refractivity contribution < 1.29 is 4.74 Å². The monoisotopic (exact) mass is 314 g/mol. The summed E-state index contributed by atoms with van der Waals surface area (Å²) >= 11 is 3.84. The normalized spacial score (nSPS) is 27.1. The molecule has 2 unspecified atom stereocenters. The molecular weight excluding hydrogens is 288 g/mol. The van der Waals surface area contributed by atoms with Crippen LogP contribution < -0.4 is 5.32 Å². The van der Waals surface area contributed by atoms with Crippen LogP contribution in [0.5, 0.6) is 0 Å². The van der Waals surface area contributed by atoms with Crippen molar-refractivity contribution in [3.63, 3.8) is 0 Å². The Kier molecular flexibility index (Phi) is 5.16. The molecule has 2 atom stereocenters. The minimum atomic E-state index is 0.0385. The van der Waals surface area contributed by atoms with E-state index in [1.54, 1.807) is 18.4 Å². The topological polar surface area (TPSA) is 34.1 Å². The third-order valence-corrected chi connectivity index (χ3v) is 6.14. The van der Waals surface area contributed by atoms with Crippen LogP contribution in [0.4, 0.5) is 0 Å². The molecule has 1 saturated heterocycles. The van der Waals surface area contributed by atoms with Crippen molar-refractivity contribution in [2.75, 3.05) is 26.0 Å². The van der Waals surface area contributed by atoms with Gasteiger partial charge in [0.15, 0.2) is 0 Å². The second-order valence-electron chi connectivity index (χ2n) is 6.62. The van der Waals surface area contributed by atoms with Gasteiger partial charge in [0.2, 0.25) is 0 Å². The average molecular weight is 315 g/mol. The van der Waals surface area contributed by atoms with Gasteiger partial charge in [-0.3, -0.25) is 0 Å². The minimum absolute atomic E-state index is 0.0385. The van der Waals surface area contributed by atoms with Crippen LogP contribution in [0.15, 0.2) is 5.38 Å². The number of hydrogen-bond acceptors (Lipinski definition) is 5. The van der Waals surface area contributed by atoms with Crippen LogP contribution in [-0.4, -0.2) is 36.2 Å². The molecule has 0 aromatic carbocycles. The molecule has 2 heterocycles. The number of methoxy groups -OCH3 is 1. The molecule has 3 nitrogen and oxygen atoms in total. The molecule has 0 saturated carbocycles. The first-order chi connectivity index (χ1) is 9.37. The third-order valence-electron chi connectivity index (χ3n) is 3.70. The zero-order valence-corrected chi connectivity index (χ0v) is 14.8. The minimum Gasteiger partial charge on any atom is -0.383 e. The van der Waals surface area contributed by atoms with Crippen molar-refractivity contribution in [2.45, 2.75) is 50.3 Å². The van der Waals surface area contributed by atoms with E-state index < -0.39 is 0 Å². The number of thiazole rings is 1. The fourth-order valence-electron chi connectivity index (χ4n) is 2.47. The molecular formula is C15H26N2OS2. The highest BCUT2D eigenvalue weighted by molar-refractivity contribution is 8.00. The van der Waals surface area contributed by atoms with Gasteiger partial charge in [0.1, 0.15) is 5.01 Å². The standard InChI is InChI=1S/C15H26N2OS2/c1-11-8-15(10-20-11,16-6-7-18-5)13-17-12(9-19-13)14(2,3)4/h9,11,16H,6-8,10H2,1-5H3. The van der Waals surface area contributed by atoms with Crippen LogP contribution in [0, 0.1) is 0 Å². The molecule has 1 aromatic rings. The van der Waals surface area contributed by atoms with E-state index in [1.807, 2.05) is 11.8 Å². The Labute approximate surface area is 130 Å². The van der Waals surface area contributed by atoms with Crippen LogP contribution >= 0.6 is 23.1 Å². The van der Waals surface area contributed by atoms with Gasteiger partial charge in [-0.15, -0.1) is 11.3 Å². The summed E-state index contributed by atoms with van der Waals surface area (Å²) in [5.74, 6) is 1.11. The maximum absolute atomic E-state index is 5.18. The summed E-state index contributed by atoms with van der Waals surface area (Å²) in [4.78, 5) is 4.95. The molecule has 0 amide bonds. The smallest absolute Gasteiger partial charge is 0.114 e. The number of hydrogen-bond donors (Lipinski definition) is 1. The molecule has 114 valence electrons. The van der Waals surface area contributed by atoms with Gasteiger partial charge >= 0.3 is 0 Å². The quantitative estimate of drug-likeness (QED) is 0.845. The molecule has 2 rings (SSSR count). The van der Waals surface area contributed by atoms with Gasteiger partial charge in [-0.1, -0.05) is 27.7 Å². The van der Waals surface area contributed by atoms with Crippen LogP contribution in [0.2, 0.25) is 0 Å². The SMILES string of the molecule is COCCNC1(c2nc(C(C)(C)C)cs2)CSC(C)C1. The number of aromatic nitrogens is 1. The van der Waals surface area contributed by atoms with Gasteiger partial charge in [-0.2, -0.15) is 11.8 Å². The van der Waals surface area contributed by atoms with E-state index in [4.69, 9.17) is 9.72 Å². The summed E-state index contributed by atoms with van der Waals surface area (Å²) in [6, 6.07) is 0. The number of nitrogens with zero attached hydrogens (tertiary/aromatic N) is 1. The van der Waals surface area contributed by atoms with E-state index in [1.165, 1.54) is 10.7 Å². The van der Waals surface area contributed by atoms with E-state index in [-0.39, 0.29) is 11.0 Å². The second kappa shape index (κ2) is 6.34. The van der Waals surface area contributed by atoms with Crippen LogP contribution in [0.3, 0.4) is 0 Å². The van der Waals surface area contributed by atoms with E-state index in [0.717, 1.165) is 25.3 Å². The lowest BCUT2D eigenvalue weighted by Gasteiger charge is -2.28. The van der Waals surface area contributed by atoms with Gasteiger partial charge in [0, 0.05) is 35.5 Å². The Morgan fingerprint density at radius 3 is 2.75 bits per heavy atom.